The average Bonchev–Trinajstić information content (AvgIpc) is 2.69. The third-order valence-electron chi connectivity index (χ3n) is 4.70. The molecule has 5 heteroatoms. The number of aromatic nitrogens is 1. The van der Waals surface area contributed by atoms with Crippen molar-refractivity contribution in [2.24, 2.45) is 0 Å². The number of nitrogens with one attached hydrogen (secondary N) is 1. The zero-order chi connectivity index (χ0) is 18.2. The lowest BCUT2D eigenvalue weighted by molar-refractivity contribution is 0.00463. The average molecular weight is 353 g/mol. The molecule has 2 aromatic rings. The molecule has 26 heavy (non-hydrogen) atoms. The molecule has 1 aliphatic heterocycles. The van der Waals surface area contributed by atoms with E-state index in [9.17, 15) is 4.79 Å². The molecule has 1 aliphatic rings. The summed E-state index contributed by atoms with van der Waals surface area (Å²) in [5, 5.41) is 2.95. The quantitative estimate of drug-likeness (QED) is 0.857. The molecular weight excluding hydrogens is 326 g/mol. The summed E-state index contributed by atoms with van der Waals surface area (Å²) < 4.78 is 5.70. The molecule has 2 amide bonds. The molecule has 1 fully saturated rings. The first-order valence-corrected chi connectivity index (χ1v) is 9.33. The van der Waals surface area contributed by atoms with Crippen LogP contribution in [0, 0.1) is 0 Å². The Labute approximate surface area is 155 Å². The summed E-state index contributed by atoms with van der Waals surface area (Å²) in [7, 11) is 1.81. The number of anilines is 1. The molecule has 0 bridgehead atoms. The number of aryl methyl sites for hydroxylation is 2. The van der Waals surface area contributed by atoms with E-state index in [-0.39, 0.29) is 12.1 Å². The van der Waals surface area contributed by atoms with Gasteiger partial charge in [-0.3, -0.25) is 4.98 Å². The number of hydrogen-bond donors (Lipinski definition) is 1. The van der Waals surface area contributed by atoms with Crippen molar-refractivity contribution in [3.63, 3.8) is 0 Å². The predicted molar refractivity (Wildman–Crippen MR) is 103 cm³/mol. The largest absolute Gasteiger partial charge is 0.376 e. The van der Waals surface area contributed by atoms with E-state index in [0.29, 0.717) is 6.54 Å². The van der Waals surface area contributed by atoms with Crippen molar-refractivity contribution in [3.05, 3.63) is 59.9 Å². The third-order valence-corrected chi connectivity index (χ3v) is 4.70. The van der Waals surface area contributed by atoms with Crippen molar-refractivity contribution < 1.29 is 9.53 Å². The fraction of sp³-hybridized carbons (Fsp3) is 0.429. The monoisotopic (exact) mass is 353 g/mol. The van der Waals surface area contributed by atoms with Gasteiger partial charge in [-0.1, -0.05) is 18.2 Å². The fourth-order valence-electron chi connectivity index (χ4n) is 3.13. The van der Waals surface area contributed by atoms with E-state index in [0.717, 1.165) is 43.7 Å². The topological polar surface area (TPSA) is 54.5 Å². The second-order valence-corrected chi connectivity index (χ2v) is 6.82. The van der Waals surface area contributed by atoms with Crippen molar-refractivity contribution in [3.8, 4) is 0 Å². The molecule has 1 N–H and O–H groups in total. The van der Waals surface area contributed by atoms with Crippen LogP contribution < -0.4 is 5.32 Å². The standard InChI is InChI=1S/C21H27N3O2/c1-24(16-20-7-3-5-15-26-20)21(25)23-19-12-9-17(10-13-19)8-11-18-6-2-4-14-22-18/h2,4,6,9-10,12-14,20H,3,5,7-8,11,15-16H2,1H3,(H,23,25)/t20-/m1/s1. The fourth-order valence-corrected chi connectivity index (χ4v) is 3.13. The minimum atomic E-state index is -0.0968. The minimum Gasteiger partial charge on any atom is -0.376 e. The van der Waals surface area contributed by atoms with Gasteiger partial charge in [0.25, 0.3) is 0 Å². The van der Waals surface area contributed by atoms with Crippen LogP contribution in [-0.2, 0) is 17.6 Å². The van der Waals surface area contributed by atoms with Crippen LogP contribution in [0.4, 0.5) is 10.5 Å². The van der Waals surface area contributed by atoms with Crippen molar-refractivity contribution in [2.75, 3.05) is 25.5 Å². The van der Waals surface area contributed by atoms with Gasteiger partial charge in [-0.05, 0) is 61.9 Å². The number of rotatable bonds is 6. The van der Waals surface area contributed by atoms with E-state index in [2.05, 4.69) is 22.4 Å². The van der Waals surface area contributed by atoms with Gasteiger partial charge in [-0.2, -0.15) is 0 Å². The summed E-state index contributed by atoms with van der Waals surface area (Å²) in [4.78, 5) is 18.4. The number of amides is 2. The third kappa shape index (κ3) is 5.56. The highest BCUT2D eigenvalue weighted by molar-refractivity contribution is 5.89. The Kier molecular flexibility index (Phi) is 6.61. The number of nitrogens with zero attached hydrogens (tertiary/aromatic N) is 2. The van der Waals surface area contributed by atoms with Crippen LogP contribution in [0.3, 0.4) is 0 Å². The van der Waals surface area contributed by atoms with Crippen molar-refractivity contribution in [1.29, 1.82) is 0 Å². The lowest BCUT2D eigenvalue weighted by Crippen LogP contribution is -2.39. The highest BCUT2D eigenvalue weighted by Crippen LogP contribution is 2.15. The molecule has 1 aromatic heterocycles. The van der Waals surface area contributed by atoms with E-state index in [1.807, 2.05) is 43.6 Å². The van der Waals surface area contributed by atoms with Crippen molar-refractivity contribution >= 4 is 11.7 Å². The minimum absolute atomic E-state index is 0.0968. The predicted octanol–water partition coefficient (Wildman–Crippen LogP) is 3.90. The Bertz CT molecular complexity index is 682. The van der Waals surface area contributed by atoms with Crippen LogP contribution in [0.5, 0.6) is 0 Å². The SMILES string of the molecule is CN(C[C@H]1CCCCO1)C(=O)Nc1ccc(CCc2ccccn2)cc1. The van der Waals surface area contributed by atoms with Crippen LogP contribution in [0.25, 0.3) is 0 Å². The smallest absolute Gasteiger partial charge is 0.321 e. The summed E-state index contributed by atoms with van der Waals surface area (Å²) in [6.07, 6.45) is 7.17. The van der Waals surface area contributed by atoms with Crippen LogP contribution in [0.2, 0.25) is 0 Å². The van der Waals surface area contributed by atoms with E-state index < -0.39 is 0 Å². The number of pyridine rings is 1. The Morgan fingerprint density at radius 2 is 2.04 bits per heavy atom. The van der Waals surface area contributed by atoms with Crippen LogP contribution in [0.1, 0.15) is 30.5 Å². The van der Waals surface area contributed by atoms with Gasteiger partial charge in [0.1, 0.15) is 0 Å². The molecule has 138 valence electrons. The Morgan fingerprint density at radius 3 is 2.73 bits per heavy atom. The maximum absolute atomic E-state index is 12.3. The molecule has 0 aliphatic carbocycles. The Morgan fingerprint density at radius 1 is 1.19 bits per heavy atom. The molecule has 5 nitrogen and oxygen atoms in total. The van der Waals surface area contributed by atoms with Crippen LogP contribution >= 0.6 is 0 Å². The Hall–Kier alpha value is -2.40. The number of carbonyl (C=O) groups is 1. The molecule has 0 unspecified atom stereocenters. The molecule has 1 aromatic carbocycles. The first kappa shape index (κ1) is 18.4. The number of urea groups is 1. The molecule has 0 spiro atoms. The number of likely N-dealkylation sites (N-methyl/N-ethyl adjacent to an activating group) is 1. The molecule has 0 radical (unpaired) electrons. The van der Waals surface area contributed by atoms with Gasteiger partial charge in [-0.15, -0.1) is 0 Å². The van der Waals surface area contributed by atoms with Gasteiger partial charge in [0, 0.05) is 37.8 Å². The molecule has 2 heterocycles. The molecule has 0 saturated carbocycles. The second kappa shape index (κ2) is 9.34. The van der Waals surface area contributed by atoms with Crippen LogP contribution in [-0.4, -0.2) is 42.2 Å². The summed E-state index contributed by atoms with van der Waals surface area (Å²) in [6.45, 7) is 1.44. The number of hydrogen-bond acceptors (Lipinski definition) is 3. The maximum atomic E-state index is 12.3. The molecule has 1 saturated heterocycles. The number of benzene rings is 1. The first-order valence-electron chi connectivity index (χ1n) is 9.33. The lowest BCUT2D eigenvalue weighted by Gasteiger charge is -2.27. The van der Waals surface area contributed by atoms with Crippen molar-refractivity contribution in [2.45, 2.75) is 38.2 Å². The Balaban J connectivity index is 1.46. The highest BCUT2D eigenvalue weighted by atomic mass is 16.5. The van der Waals surface area contributed by atoms with Gasteiger partial charge in [0.15, 0.2) is 0 Å². The van der Waals surface area contributed by atoms with E-state index in [4.69, 9.17) is 4.74 Å². The zero-order valence-corrected chi connectivity index (χ0v) is 15.4. The van der Waals surface area contributed by atoms with Gasteiger partial charge in [-0.25, -0.2) is 4.79 Å². The van der Waals surface area contributed by atoms with E-state index in [1.165, 1.54) is 12.0 Å². The van der Waals surface area contributed by atoms with Crippen molar-refractivity contribution in [1.82, 2.24) is 9.88 Å². The molecule has 1 atom stereocenters. The zero-order valence-electron chi connectivity index (χ0n) is 15.4. The van der Waals surface area contributed by atoms with E-state index in [1.54, 1.807) is 4.90 Å². The lowest BCUT2D eigenvalue weighted by atomic mass is 10.1. The summed E-state index contributed by atoms with van der Waals surface area (Å²) >= 11 is 0. The summed E-state index contributed by atoms with van der Waals surface area (Å²) in [5.41, 5.74) is 3.14. The number of carbonyl (C=O) groups excluding carboxylic acids is 1. The van der Waals surface area contributed by atoms with E-state index >= 15 is 0 Å². The molecule has 3 rings (SSSR count). The summed E-state index contributed by atoms with van der Waals surface area (Å²) in [5.74, 6) is 0. The normalized spacial score (nSPS) is 16.9. The van der Waals surface area contributed by atoms with Gasteiger partial charge < -0.3 is 15.0 Å². The van der Waals surface area contributed by atoms with Gasteiger partial charge >= 0.3 is 6.03 Å². The molecular formula is C21H27N3O2. The highest BCUT2D eigenvalue weighted by Gasteiger charge is 2.18. The first-order chi connectivity index (χ1) is 12.7. The van der Waals surface area contributed by atoms with Gasteiger partial charge in [0.05, 0.1) is 6.10 Å². The summed E-state index contributed by atoms with van der Waals surface area (Å²) in [6, 6.07) is 13.9. The second-order valence-electron chi connectivity index (χ2n) is 6.82. The van der Waals surface area contributed by atoms with Crippen LogP contribution in [0.15, 0.2) is 48.7 Å². The number of ether oxygens (including phenoxy) is 1. The van der Waals surface area contributed by atoms with Gasteiger partial charge in [0.2, 0.25) is 0 Å². The maximum Gasteiger partial charge on any atom is 0.321 e.